The fraction of sp³-hybridized carbons (Fsp3) is 0.136. The number of benzene rings is 3. The minimum atomic E-state index is -0.410. The SMILES string of the molecule is COC(=O)c1ccccc1Nc1ccc(-c2ccc(N)c(OC)c2)cc1OC. The monoisotopic (exact) mass is 378 g/mol. The second kappa shape index (κ2) is 8.35. The molecule has 0 fully saturated rings. The van der Waals surface area contributed by atoms with Gasteiger partial charge in [-0.3, -0.25) is 0 Å². The van der Waals surface area contributed by atoms with E-state index in [0.717, 1.165) is 16.8 Å². The number of ether oxygens (including phenoxy) is 3. The molecule has 0 radical (unpaired) electrons. The molecule has 0 spiro atoms. The lowest BCUT2D eigenvalue weighted by Crippen LogP contribution is -2.06. The quantitative estimate of drug-likeness (QED) is 0.486. The predicted octanol–water partition coefficient (Wildman–Crippen LogP) is 4.48. The highest BCUT2D eigenvalue weighted by Crippen LogP contribution is 2.35. The van der Waals surface area contributed by atoms with Gasteiger partial charge in [-0.2, -0.15) is 0 Å². The molecule has 0 aliphatic heterocycles. The fourth-order valence-electron chi connectivity index (χ4n) is 2.89. The van der Waals surface area contributed by atoms with E-state index in [4.69, 9.17) is 19.9 Å². The van der Waals surface area contributed by atoms with Gasteiger partial charge in [-0.1, -0.05) is 24.3 Å². The number of hydrogen-bond acceptors (Lipinski definition) is 6. The van der Waals surface area contributed by atoms with Gasteiger partial charge in [-0.05, 0) is 47.5 Å². The van der Waals surface area contributed by atoms with Crippen LogP contribution in [0.3, 0.4) is 0 Å². The number of para-hydroxylation sites is 1. The molecule has 0 aliphatic carbocycles. The Morgan fingerprint density at radius 1 is 0.821 bits per heavy atom. The number of nitrogens with one attached hydrogen (secondary N) is 1. The van der Waals surface area contributed by atoms with Crippen molar-refractivity contribution < 1.29 is 19.0 Å². The summed E-state index contributed by atoms with van der Waals surface area (Å²) in [6.45, 7) is 0. The van der Waals surface area contributed by atoms with Crippen molar-refractivity contribution in [3.05, 3.63) is 66.2 Å². The van der Waals surface area contributed by atoms with Gasteiger partial charge in [0, 0.05) is 0 Å². The van der Waals surface area contributed by atoms with Gasteiger partial charge in [0.05, 0.1) is 44.0 Å². The molecule has 0 atom stereocenters. The molecule has 144 valence electrons. The largest absolute Gasteiger partial charge is 0.495 e. The molecule has 0 aromatic heterocycles. The van der Waals surface area contributed by atoms with E-state index in [-0.39, 0.29) is 0 Å². The van der Waals surface area contributed by atoms with Crippen molar-refractivity contribution in [3.8, 4) is 22.6 Å². The summed E-state index contributed by atoms with van der Waals surface area (Å²) in [6, 6.07) is 18.5. The summed E-state index contributed by atoms with van der Waals surface area (Å²) in [6.07, 6.45) is 0. The van der Waals surface area contributed by atoms with Gasteiger partial charge in [0.15, 0.2) is 0 Å². The second-order valence-electron chi connectivity index (χ2n) is 6.03. The molecule has 3 aromatic carbocycles. The third-order valence-corrected chi connectivity index (χ3v) is 4.37. The molecule has 0 unspecified atom stereocenters. The van der Waals surface area contributed by atoms with Gasteiger partial charge in [0.1, 0.15) is 11.5 Å². The van der Waals surface area contributed by atoms with Crippen molar-refractivity contribution in [2.75, 3.05) is 32.4 Å². The van der Waals surface area contributed by atoms with E-state index >= 15 is 0 Å². The zero-order chi connectivity index (χ0) is 20.1. The first-order chi connectivity index (χ1) is 13.6. The highest BCUT2D eigenvalue weighted by molar-refractivity contribution is 5.96. The molecular formula is C22H22N2O4. The van der Waals surface area contributed by atoms with Crippen LogP contribution in [0.25, 0.3) is 11.1 Å². The summed E-state index contributed by atoms with van der Waals surface area (Å²) in [5.74, 6) is 0.839. The maximum Gasteiger partial charge on any atom is 0.339 e. The minimum absolute atomic E-state index is 0.410. The summed E-state index contributed by atoms with van der Waals surface area (Å²) >= 11 is 0. The topological polar surface area (TPSA) is 82.8 Å². The first kappa shape index (κ1) is 19.1. The van der Waals surface area contributed by atoms with Crippen LogP contribution in [-0.4, -0.2) is 27.3 Å². The zero-order valence-electron chi connectivity index (χ0n) is 16.0. The number of carbonyl (C=O) groups excluding carboxylic acids is 1. The Labute approximate surface area is 163 Å². The average Bonchev–Trinajstić information content (AvgIpc) is 2.74. The van der Waals surface area contributed by atoms with Crippen LogP contribution in [0, 0.1) is 0 Å². The number of nitrogen functional groups attached to an aromatic ring is 1. The van der Waals surface area contributed by atoms with Crippen molar-refractivity contribution in [3.63, 3.8) is 0 Å². The van der Waals surface area contributed by atoms with Crippen LogP contribution in [0.1, 0.15) is 10.4 Å². The standard InChI is InChI=1S/C22H22N2O4/c1-26-20-12-14(8-10-17(20)23)15-9-11-19(21(13-15)27-2)24-18-7-5-4-6-16(18)22(25)28-3/h4-13,24H,23H2,1-3H3. The summed E-state index contributed by atoms with van der Waals surface area (Å²) < 4.78 is 15.7. The van der Waals surface area contributed by atoms with E-state index in [9.17, 15) is 4.79 Å². The molecule has 0 aliphatic rings. The smallest absolute Gasteiger partial charge is 0.339 e. The van der Waals surface area contributed by atoms with Gasteiger partial charge in [-0.25, -0.2) is 4.79 Å². The molecule has 6 heteroatoms. The van der Waals surface area contributed by atoms with Gasteiger partial charge >= 0.3 is 5.97 Å². The number of hydrogen-bond donors (Lipinski definition) is 2. The lowest BCUT2D eigenvalue weighted by atomic mass is 10.0. The molecule has 3 aromatic rings. The Morgan fingerprint density at radius 2 is 1.46 bits per heavy atom. The van der Waals surface area contributed by atoms with Gasteiger partial charge in [0.25, 0.3) is 0 Å². The molecule has 0 saturated carbocycles. The number of nitrogens with two attached hydrogens (primary N) is 1. The Kier molecular flexibility index (Phi) is 5.69. The van der Waals surface area contributed by atoms with Crippen LogP contribution in [0.2, 0.25) is 0 Å². The number of anilines is 3. The van der Waals surface area contributed by atoms with Crippen LogP contribution in [0.5, 0.6) is 11.5 Å². The van der Waals surface area contributed by atoms with Crippen LogP contribution in [-0.2, 0) is 4.74 Å². The van der Waals surface area contributed by atoms with E-state index < -0.39 is 5.97 Å². The van der Waals surface area contributed by atoms with Gasteiger partial charge < -0.3 is 25.3 Å². The molecule has 0 bridgehead atoms. The van der Waals surface area contributed by atoms with Crippen molar-refractivity contribution >= 4 is 23.0 Å². The van der Waals surface area contributed by atoms with Crippen LogP contribution in [0.15, 0.2) is 60.7 Å². The third-order valence-electron chi connectivity index (χ3n) is 4.37. The predicted molar refractivity (Wildman–Crippen MR) is 110 cm³/mol. The van der Waals surface area contributed by atoms with Crippen molar-refractivity contribution in [2.24, 2.45) is 0 Å². The molecule has 3 N–H and O–H groups in total. The molecule has 6 nitrogen and oxygen atoms in total. The molecule has 0 amide bonds. The second-order valence-corrected chi connectivity index (χ2v) is 6.03. The highest BCUT2D eigenvalue weighted by Gasteiger charge is 2.14. The van der Waals surface area contributed by atoms with E-state index in [1.54, 1.807) is 32.4 Å². The van der Waals surface area contributed by atoms with Crippen LogP contribution in [0.4, 0.5) is 17.1 Å². The maximum atomic E-state index is 12.0. The Balaban J connectivity index is 1.96. The number of rotatable bonds is 6. The lowest BCUT2D eigenvalue weighted by molar-refractivity contribution is 0.0602. The third kappa shape index (κ3) is 3.86. The highest BCUT2D eigenvalue weighted by atomic mass is 16.5. The molecular weight excluding hydrogens is 356 g/mol. The number of esters is 1. The van der Waals surface area contributed by atoms with E-state index in [0.29, 0.717) is 28.4 Å². The maximum absolute atomic E-state index is 12.0. The number of carbonyl (C=O) groups is 1. The normalized spacial score (nSPS) is 10.2. The summed E-state index contributed by atoms with van der Waals surface area (Å²) in [5, 5.41) is 3.25. The van der Waals surface area contributed by atoms with E-state index in [1.807, 2.05) is 42.5 Å². The van der Waals surface area contributed by atoms with E-state index in [1.165, 1.54) is 7.11 Å². The summed E-state index contributed by atoms with van der Waals surface area (Å²) in [7, 11) is 4.54. The average molecular weight is 378 g/mol. The Morgan fingerprint density at radius 3 is 2.14 bits per heavy atom. The summed E-state index contributed by atoms with van der Waals surface area (Å²) in [4.78, 5) is 12.0. The summed E-state index contributed by atoms with van der Waals surface area (Å²) in [5.41, 5.74) is 10.2. The van der Waals surface area contributed by atoms with Crippen molar-refractivity contribution in [1.82, 2.24) is 0 Å². The zero-order valence-corrected chi connectivity index (χ0v) is 16.0. The minimum Gasteiger partial charge on any atom is -0.495 e. The first-order valence-electron chi connectivity index (χ1n) is 8.63. The lowest BCUT2D eigenvalue weighted by Gasteiger charge is -2.15. The molecule has 3 rings (SSSR count). The van der Waals surface area contributed by atoms with Crippen molar-refractivity contribution in [2.45, 2.75) is 0 Å². The first-order valence-corrected chi connectivity index (χ1v) is 8.63. The fourth-order valence-corrected chi connectivity index (χ4v) is 2.89. The van der Waals surface area contributed by atoms with Crippen LogP contribution < -0.4 is 20.5 Å². The molecule has 0 heterocycles. The van der Waals surface area contributed by atoms with Crippen LogP contribution >= 0.6 is 0 Å². The number of methoxy groups -OCH3 is 3. The van der Waals surface area contributed by atoms with Gasteiger partial charge in [-0.15, -0.1) is 0 Å². The molecule has 0 saturated heterocycles. The van der Waals surface area contributed by atoms with E-state index in [2.05, 4.69) is 5.32 Å². The molecule has 28 heavy (non-hydrogen) atoms. The van der Waals surface area contributed by atoms with Crippen molar-refractivity contribution in [1.29, 1.82) is 0 Å². The van der Waals surface area contributed by atoms with Gasteiger partial charge in [0.2, 0.25) is 0 Å². The Bertz CT molecular complexity index is 1000. The Hall–Kier alpha value is -3.67.